The van der Waals surface area contributed by atoms with Gasteiger partial charge in [0.1, 0.15) is 5.75 Å². The second-order valence-electron chi connectivity index (χ2n) is 7.47. The minimum atomic E-state index is 0.0885. The van der Waals surface area contributed by atoms with Crippen LogP contribution in [-0.4, -0.2) is 23.4 Å². The van der Waals surface area contributed by atoms with E-state index in [0.29, 0.717) is 6.54 Å². The number of allylic oxidation sites excluding steroid dienone is 4. The van der Waals surface area contributed by atoms with E-state index in [1.807, 2.05) is 71.7 Å². The predicted molar refractivity (Wildman–Crippen MR) is 117 cm³/mol. The quantitative estimate of drug-likeness (QED) is 0.745. The van der Waals surface area contributed by atoms with Crippen LogP contribution in [0.15, 0.2) is 84.1 Å². The van der Waals surface area contributed by atoms with E-state index in [-0.39, 0.29) is 11.9 Å². The van der Waals surface area contributed by atoms with E-state index in [1.54, 1.807) is 6.92 Å². The third kappa shape index (κ3) is 4.27. The number of amides is 1. The third-order valence-corrected chi connectivity index (χ3v) is 5.37. The second kappa shape index (κ2) is 8.39. The summed E-state index contributed by atoms with van der Waals surface area (Å²) in [6.07, 6.45) is 9.93. The van der Waals surface area contributed by atoms with E-state index in [0.717, 1.165) is 35.7 Å². The highest BCUT2D eigenvalue weighted by atomic mass is 16.5. The van der Waals surface area contributed by atoms with E-state index in [1.165, 1.54) is 11.1 Å². The fourth-order valence-corrected chi connectivity index (χ4v) is 3.85. The summed E-state index contributed by atoms with van der Waals surface area (Å²) in [4.78, 5) is 14.0. The molecule has 2 aromatic rings. The molecule has 0 saturated heterocycles. The number of ether oxygens (including phenoxy) is 1. The summed E-state index contributed by atoms with van der Waals surface area (Å²) in [5.41, 5.74) is 4.41. The third-order valence-electron chi connectivity index (χ3n) is 5.37. The minimum absolute atomic E-state index is 0.0885. The summed E-state index contributed by atoms with van der Waals surface area (Å²) in [5.74, 6) is 1.70. The first-order valence-electron chi connectivity index (χ1n) is 10.1. The van der Waals surface area contributed by atoms with Crippen LogP contribution in [0.1, 0.15) is 25.3 Å². The van der Waals surface area contributed by atoms with Gasteiger partial charge in [-0.05, 0) is 55.7 Å². The summed E-state index contributed by atoms with van der Waals surface area (Å²) < 4.78 is 6.16. The van der Waals surface area contributed by atoms with Crippen LogP contribution in [-0.2, 0) is 4.79 Å². The Morgan fingerprint density at radius 2 is 1.90 bits per heavy atom. The van der Waals surface area contributed by atoms with E-state index < -0.39 is 0 Å². The molecular formula is C25H26N2O2. The second-order valence-corrected chi connectivity index (χ2v) is 7.47. The van der Waals surface area contributed by atoms with Gasteiger partial charge in [0, 0.05) is 19.2 Å². The number of anilines is 1. The van der Waals surface area contributed by atoms with Crippen molar-refractivity contribution in [3.63, 3.8) is 0 Å². The minimum Gasteiger partial charge on any atom is -0.455 e. The molecule has 4 nitrogen and oxygen atoms in total. The van der Waals surface area contributed by atoms with E-state index in [9.17, 15) is 4.79 Å². The van der Waals surface area contributed by atoms with Crippen molar-refractivity contribution in [3.05, 3.63) is 89.7 Å². The number of carbonyl (C=O) groups is 1. The highest BCUT2D eigenvalue weighted by Gasteiger charge is 2.29. The van der Waals surface area contributed by atoms with Crippen LogP contribution in [0.5, 0.6) is 11.5 Å². The van der Waals surface area contributed by atoms with Crippen LogP contribution >= 0.6 is 0 Å². The van der Waals surface area contributed by atoms with Crippen molar-refractivity contribution in [2.45, 2.75) is 32.7 Å². The summed E-state index contributed by atoms with van der Waals surface area (Å²) >= 11 is 0. The van der Waals surface area contributed by atoms with E-state index in [2.05, 4.69) is 18.3 Å². The lowest BCUT2D eigenvalue weighted by atomic mass is 9.93. The zero-order valence-electron chi connectivity index (χ0n) is 16.9. The number of nitrogens with zero attached hydrogens (tertiary/aromatic N) is 1. The van der Waals surface area contributed by atoms with Crippen molar-refractivity contribution in [2.75, 3.05) is 11.9 Å². The molecule has 1 atom stereocenters. The summed E-state index contributed by atoms with van der Waals surface area (Å²) in [6, 6.07) is 16.2. The molecule has 4 rings (SSSR count). The molecule has 0 fully saturated rings. The van der Waals surface area contributed by atoms with Gasteiger partial charge in [-0.25, -0.2) is 0 Å². The maximum atomic E-state index is 12.1. The molecule has 4 heteroatoms. The molecule has 1 N–H and O–H groups in total. The first-order chi connectivity index (χ1) is 14.1. The zero-order chi connectivity index (χ0) is 20.2. The van der Waals surface area contributed by atoms with Gasteiger partial charge < -0.3 is 15.0 Å². The Labute approximate surface area is 172 Å². The average molecular weight is 386 g/mol. The van der Waals surface area contributed by atoms with Gasteiger partial charge in [0.05, 0.1) is 11.7 Å². The Hall–Kier alpha value is -3.27. The molecule has 1 unspecified atom stereocenters. The number of hydrogen-bond acceptors (Lipinski definition) is 3. The highest BCUT2D eigenvalue weighted by molar-refractivity contribution is 5.77. The molecule has 0 aromatic heterocycles. The number of para-hydroxylation sites is 2. The average Bonchev–Trinajstić information content (AvgIpc) is 2.97. The molecule has 1 amide bonds. The fraction of sp³-hybridized carbons (Fsp3) is 0.240. The topological polar surface area (TPSA) is 41.6 Å². The smallest absolute Gasteiger partial charge is 0.223 e. The fourth-order valence-electron chi connectivity index (χ4n) is 3.85. The van der Waals surface area contributed by atoms with Gasteiger partial charge in [0.25, 0.3) is 0 Å². The van der Waals surface area contributed by atoms with Crippen molar-refractivity contribution < 1.29 is 9.53 Å². The highest BCUT2D eigenvalue weighted by Crippen LogP contribution is 2.34. The lowest BCUT2D eigenvalue weighted by molar-refractivity contribution is -0.127. The molecule has 0 saturated carbocycles. The molecule has 0 spiro atoms. The van der Waals surface area contributed by atoms with Crippen LogP contribution in [0, 0.1) is 6.92 Å². The molecule has 0 bridgehead atoms. The number of hydrogen-bond donors (Lipinski definition) is 1. The molecule has 1 aliphatic carbocycles. The van der Waals surface area contributed by atoms with E-state index >= 15 is 0 Å². The lowest BCUT2D eigenvalue weighted by Crippen LogP contribution is -2.40. The molecule has 1 heterocycles. The standard InChI is InChI=1S/C25H26N2O2/c1-18-12-14-20(15-13-18)29-25-11-7-6-9-23(25)26-22-16-17-27(19(2)28)24-10-5-3-4-8-21(22)24/h3-7,9-15,22,26H,8,16-17H2,1-2H3. The molecule has 2 aromatic carbocycles. The number of benzene rings is 2. The van der Waals surface area contributed by atoms with Crippen molar-refractivity contribution in [1.29, 1.82) is 0 Å². The Balaban J connectivity index is 1.61. The van der Waals surface area contributed by atoms with Crippen molar-refractivity contribution in [3.8, 4) is 11.5 Å². The molecule has 148 valence electrons. The largest absolute Gasteiger partial charge is 0.455 e. The van der Waals surface area contributed by atoms with Crippen LogP contribution in [0.25, 0.3) is 0 Å². The Morgan fingerprint density at radius 1 is 1.10 bits per heavy atom. The van der Waals surface area contributed by atoms with Gasteiger partial charge >= 0.3 is 0 Å². The predicted octanol–water partition coefficient (Wildman–Crippen LogP) is 5.59. The van der Waals surface area contributed by atoms with Gasteiger partial charge in [-0.3, -0.25) is 4.79 Å². The van der Waals surface area contributed by atoms with Crippen molar-refractivity contribution in [1.82, 2.24) is 4.90 Å². The normalized spacial score (nSPS) is 18.3. The molecule has 2 aliphatic rings. The molecule has 29 heavy (non-hydrogen) atoms. The first kappa shape index (κ1) is 19.1. The van der Waals surface area contributed by atoms with Gasteiger partial charge in [0.2, 0.25) is 5.91 Å². The number of rotatable bonds is 4. The monoisotopic (exact) mass is 386 g/mol. The van der Waals surface area contributed by atoms with E-state index in [4.69, 9.17) is 4.74 Å². The number of aryl methyl sites for hydroxylation is 1. The van der Waals surface area contributed by atoms with Gasteiger partial charge in [-0.2, -0.15) is 0 Å². The first-order valence-corrected chi connectivity index (χ1v) is 10.1. The van der Waals surface area contributed by atoms with Crippen LogP contribution in [0.2, 0.25) is 0 Å². The Morgan fingerprint density at radius 3 is 2.69 bits per heavy atom. The molecule has 0 radical (unpaired) electrons. The van der Waals surface area contributed by atoms with Crippen LogP contribution in [0.4, 0.5) is 5.69 Å². The van der Waals surface area contributed by atoms with Crippen molar-refractivity contribution >= 4 is 11.6 Å². The Bertz CT molecular complexity index is 986. The molecule has 1 aliphatic heterocycles. The molecular weight excluding hydrogens is 360 g/mol. The number of carbonyl (C=O) groups excluding carboxylic acids is 1. The van der Waals surface area contributed by atoms with Crippen molar-refractivity contribution in [2.24, 2.45) is 0 Å². The van der Waals surface area contributed by atoms with Gasteiger partial charge in [-0.1, -0.05) is 48.1 Å². The van der Waals surface area contributed by atoms with Gasteiger partial charge in [0.15, 0.2) is 5.75 Å². The maximum absolute atomic E-state index is 12.1. The van der Waals surface area contributed by atoms with Crippen LogP contribution < -0.4 is 10.1 Å². The SMILES string of the molecule is CC(=O)N1CCC(Nc2ccccc2Oc2ccc(C)cc2)C2=C1C=CC=CC2. The van der Waals surface area contributed by atoms with Gasteiger partial charge in [-0.15, -0.1) is 0 Å². The zero-order valence-corrected chi connectivity index (χ0v) is 16.9. The summed E-state index contributed by atoms with van der Waals surface area (Å²) in [5, 5.41) is 3.68. The summed E-state index contributed by atoms with van der Waals surface area (Å²) in [6.45, 7) is 4.40. The maximum Gasteiger partial charge on any atom is 0.223 e. The van der Waals surface area contributed by atoms with Crippen LogP contribution in [0.3, 0.4) is 0 Å². The Kier molecular flexibility index (Phi) is 5.52. The number of nitrogens with one attached hydrogen (secondary N) is 1. The summed E-state index contributed by atoms with van der Waals surface area (Å²) in [7, 11) is 0. The lowest BCUT2D eigenvalue weighted by Gasteiger charge is -2.35.